The van der Waals surface area contributed by atoms with Crippen molar-refractivity contribution in [2.24, 2.45) is 7.05 Å². The Morgan fingerprint density at radius 2 is 2.56 bits per heavy atom. The van der Waals surface area contributed by atoms with Crippen LogP contribution >= 0.6 is 27.5 Å². The Balaban J connectivity index is 3.04. The second-order valence-electron chi connectivity index (χ2n) is 1.72. The lowest BCUT2D eigenvalue weighted by Crippen LogP contribution is -1.88. The fourth-order valence-corrected chi connectivity index (χ4v) is 1.29. The maximum absolute atomic E-state index is 5.78. The van der Waals surface area contributed by atoms with Crippen molar-refractivity contribution in [3.8, 4) is 0 Å². The van der Waals surface area contributed by atoms with E-state index in [2.05, 4.69) is 21.0 Å². The summed E-state index contributed by atoms with van der Waals surface area (Å²) in [5.41, 5.74) is 1.03. The van der Waals surface area contributed by atoms with Crippen LogP contribution in [0.25, 0.3) is 0 Å². The van der Waals surface area contributed by atoms with E-state index in [4.69, 9.17) is 11.6 Å². The Hall–Kier alpha value is -0.0200. The van der Waals surface area contributed by atoms with Crippen LogP contribution in [0, 0.1) is 0 Å². The molecule has 0 fully saturated rings. The van der Waals surface area contributed by atoms with Crippen LogP contribution in [0.15, 0.2) is 6.20 Å². The Morgan fingerprint density at radius 1 is 1.89 bits per heavy atom. The minimum Gasteiger partial charge on any atom is -0.257 e. The third kappa shape index (κ3) is 1.27. The lowest BCUT2D eigenvalue weighted by atomic mass is 10.4. The van der Waals surface area contributed by atoms with Crippen molar-refractivity contribution in [3.05, 3.63) is 16.9 Å². The lowest BCUT2D eigenvalue weighted by molar-refractivity contribution is 0.768. The van der Waals surface area contributed by atoms with E-state index in [1.165, 1.54) is 0 Å². The van der Waals surface area contributed by atoms with Gasteiger partial charge in [-0.3, -0.25) is 4.68 Å². The first kappa shape index (κ1) is 7.09. The Morgan fingerprint density at radius 3 is 2.78 bits per heavy atom. The molecule has 1 heterocycles. The van der Waals surface area contributed by atoms with Crippen molar-refractivity contribution < 1.29 is 0 Å². The molecule has 50 valence electrons. The highest BCUT2D eigenvalue weighted by atomic mass is 79.9. The van der Waals surface area contributed by atoms with Crippen LogP contribution in [0.5, 0.6) is 0 Å². The van der Waals surface area contributed by atoms with Gasteiger partial charge in [0.15, 0.2) is 0 Å². The maximum Gasteiger partial charge on any atom is 0.130 e. The third-order valence-electron chi connectivity index (χ3n) is 1.08. The van der Waals surface area contributed by atoms with Gasteiger partial charge in [0.2, 0.25) is 0 Å². The van der Waals surface area contributed by atoms with Crippen molar-refractivity contribution in [1.82, 2.24) is 9.78 Å². The summed E-state index contributed by atoms with van der Waals surface area (Å²) >= 11 is 9.06. The third-order valence-corrected chi connectivity index (χ3v) is 2.17. The molecular weight excluding hydrogens is 203 g/mol. The summed E-state index contributed by atoms with van der Waals surface area (Å²) < 4.78 is 1.64. The van der Waals surface area contributed by atoms with E-state index in [0.717, 1.165) is 10.9 Å². The molecule has 0 radical (unpaired) electrons. The molecule has 2 nitrogen and oxygen atoms in total. The van der Waals surface area contributed by atoms with Crippen LogP contribution < -0.4 is 0 Å². The van der Waals surface area contributed by atoms with E-state index in [9.17, 15) is 0 Å². The minimum atomic E-state index is 0.701. The summed E-state index contributed by atoms with van der Waals surface area (Å²) in [6, 6.07) is 0. The van der Waals surface area contributed by atoms with Gasteiger partial charge < -0.3 is 0 Å². The lowest BCUT2D eigenvalue weighted by Gasteiger charge is -1.90. The fourth-order valence-electron chi connectivity index (χ4n) is 0.558. The molecule has 0 aliphatic heterocycles. The van der Waals surface area contributed by atoms with Crippen LogP contribution in [0.1, 0.15) is 5.56 Å². The highest BCUT2D eigenvalue weighted by Crippen LogP contribution is 2.15. The highest BCUT2D eigenvalue weighted by Gasteiger charge is 2.01. The average molecular weight is 209 g/mol. The maximum atomic E-state index is 5.78. The van der Waals surface area contributed by atoms with Gasteiger partial charge in [0, 0.05) is 17.9 Å². The number of nitrogens with zero attached hydrogens (tertiary/aromatic N) is 2. The zero-order chi connectivity index (χ0) is 6.85. The molecule has 0 aromatic carbocycles. The van der Waals surface area contributed by atoms with Gasteiger partial charge in [-0.2, -0.15) is 5.10 Å². The molecule has 0 bridgehead atoms. The molecule has 0 N–H and O–H groups in total. The van der Waals surface area contributed by atoms with E-state index in [1.807, 2.05) is 7.05 Å². The van der Waals surface area contributed by atoms with E-state index in [1.54, 1.807) is 10.9 Å². The van der Waals surface area contributed by atoms with Gasteiger partial charge in [-0.15, -0.1) is 0 Å². The van der Waals surface area contributed by atoms with Gasteiger partial charge in [0.1, 0.15) is 5.15 Å². The van der Waals surface area contributed by atoms with Gasteiger partial charge in [0.25, 0.3) is 0 Å². The first-order valence-electron chi connectivity index (χ1n) is 2.48. The molecule has 1 aromatic rings. The van der Waals surface area contributed by atoms with Gasteiger partial charge in [-0.05, 0) is 0 Å². The molecule has 9 heavy (non-hydrogen) atoms. The van der Waals surface area contributed by atoms with Crippen LogP contribution in [-0.2, 0) is 12.4 Å². The molecule has 0 aliphatic carbocycles. The summed E-state index contributed by atoms with van der Waals surface area (Å²) in [6.45, 7) is 0. The molecule has 0 saturated carbocycles. The molecule has 1 aromatic heterocycles. The molecule has 0 amide bonds. The van der Waals surface area contributed by atoms with E-state index < -0.39 is 0 Å². The zero-order valence-corrected chi connectivity index (χ0v) is 7.28. The fraction of sp³-hybridized carbons (Fsp3) is 0.400. The van der Waals surface area contributed by atoms with Gasteiger partial charge in [-0.1, -0.05) is 27.5 Å². The number of rotatable bonds is 1. The SMILES string of the molecule is Cn1ncc(CBr)c1Cl. The predicted octanol–water partition coefficient (Wildman–Crippen LogP) is 1.97. The smallest absolute Gasteiger partial charge is 0.130 e. The molecule has 0 saturated heterocycles. The second-order valence-corrected chi connectivity index (χ2v) is 2.64. The van der Waals surface area contributed by atoms with Crippen molar-refractivity contribution in [1.29, 1.82) is 0 Å². The minimum absolute atomic E-state index is 0.701. The monoisotopic (exact) mass is 208 g/mol. The molecule has 0 unspecified atom stereocenters. The number of halogens is 2. The van der Waals surface area contributed by atoms with Gasteiger partial charge in [-0.25, -0.2) is 0 Å². The summed E-state index contributed by atoms with van der Waals surface area (Å²) in [5, 5.41) is 5.41. The van der Waals surface area contributed by atoms with Crippen molar-refractivity contribution in [2.45, 2.75) is 5.33 Å². The Kier molecular flexibility index (Phi) is 2.13. The first-order valence-corrected chi connectivity index (χ1v) is 3.98. The zero-order valence-electron chi connectivity index (χ0n) is 4.93. The van der Waals surface area contributed by atoms with Crippen molar-refractivity contribution >= 4 is 27.5 Å². The van der Waals surface area contributed by atoms with Crippen LogP contribution in [0.2, 0.25) is 5.15 Å². The van der Waals surface area contributed by atoms with Gasteiger partial charge >= 0.3 is 0 Å². The summed E-state index contributed by atoms with van der Waals surface area (Å²) in [5.74, 6) is 0. The standard InChI is InChI=1S/C5H6BrClN2/c1-9-5(7)4(2-6)3-8-9/h3H,2H2,1H3. The second kappa shape index (κ2) is 2.71. The molecule has 1 rings (SSSR count). The van der Waals surface area contributed by atoms with E-state index in [-0.39, 0.29) is 0 Å². The van der Waals surface area contributed by atoms with E-state index >= 15 is 0 Å². The molecule has 0 aliphatic rings. The largest absolute Gasteiger partial charge is 0.257 e. The summed E-state index contributed by atoms with van der Waals surface area (Å²) in [7, 11) is 1.81. The highest BCUT2D eigenvalue weighted by molar-refractivity contribution is 9.08. The summed E-state index contributed by atoms with van der Waals surface area (Å²) in [6.07, 6.45) is 1.75. The Bertz CT molecular complexity index is 209. The quantitative estimate of drug-likeness (QED) is 0.647. The number of hydrogen-bond acceptors (Lipinski definition) is 1. The molecule has 4 heteroatoms. The van der Waals surface area contributed by atoms with Crippen LogP contribution in [-0.4, -0.2) is 9.78 Å². The van der Waals surface area contributed by atoms with E-state index in [0.29, 0.717) is 5.15 Å². The van der Waals surface area contributed by atoms with Crippen LogP contribution in [0.3, 0.4) is 0 Å². The van der Waals surface area contributed by atoms with Crippen molar-refractivity contribution in [3.63, 3.8) is 0 Å². The predicted molar refractivity (Wildman–Crippen MR) is 40.8 cm³/mol. The first-order chi connectivity index (χ1) is 4.25. The normalized spacial score (nSPS) is 10.1. The number of aromatic nitrogens is 2. The average Bonchev–Trinajstić information content (AvgIpc) is 2.15. The molecule has 0 spiro atoms. The molecular formula is C5H6BrClN2. The number of alkyl halides is 1. The Labute approximate surface area is 66.9 Å². The summed E-state index contributed by atoms with van der Waals surface area (Å²) in [4.78, 5) is 0. The van der Waals surface area contributed by atoms with Gasteiger partial charge in [0.05, 0.1) is 6.20 Å². The number of hydrogen-bond donors (Lipinski definition) is 0. The van der Waals surface area contributed by atoms with Crippen LogP contribution in [0.4, 0.5) is 0 Å². The topological polar surface area (TPSA) is 17.8 Å². The van der Waals surface area contributed by atoms with Crippen molar-refractivity contribution in [2.75, 3.05) is 0 Å². The number of aryl methyl sites for hydroxylation is 1. The molecule has 0 atom stereocenters.